The second kappa shape index (κ2) is 5.67. The Morgan fingerprint density at radius 2 is 2.30 bits per heavy atom. The molecule has 0 radical (unpaired) electrons. The van der Waals surface area contributed by atoms with Crippen molar-refractivity contribution < 1.29 is 4.74 Å². The van der Waals surface area contributed by atoms with E-state index >= 15 is 0 Å². The minimum absolute atomic E-state index is 0.480. The largest absolute Gasteiger partial charge is 0.487 e. The molecule has 1 aromatic carbocycles. The predicted molar refractivity (Wildman–Crippen MR) is 78.7 cm³/mol. The quantitative estimate of drug-likeness (QED) is 0.908. The van der Waals surface area contributed by atoms with Gasteiger partial charge in [-0.05, 0) is 42.6 Å². The molecule has 1 N–H and O–H groups in total. The van der Waals surface area contributed by atoms with E-state index in [4.69, 9.17) is 4.74 Å². The molecule has 3 rings (SSSR count). The molecule has 1 unspecified atom stereocenters. The molecule has 1 aromatic heterocycles. The van der Waals surface area contributed by atoms with Crippen LogP contribution in [0.5, 0.6) is 5.75 Å². The van der Waals surface area contributed by atoms with Crippen LogP contribution in [0.4, 0.5) is 0 Å². The van der Waals surface area contributed by atoms with Gasteiger partial charge in [-0.2, -0.15) is 5.10 Å². The van der Waals surface area contributed by atoms with E-state index < -0.39 is 0 Å². The Morgan fingerprint density at radius 3 is 3.05 bits per heavy atom. The van der Waals surface area contributed by atoms with Crippen molar-refractivity contribution in [2.75, 3.05) is 6.54 Å². The molecule has 0 fully saturated rings. The van der Waals surface area contributed by atoms with Gasteiger partial charge in [0.2, 0.25) is 0 Å². The summed E-state index contributed by atoms with van der Waals surface area (Å²) in [6.07, 6.45) is 4.19. The first kappa shape index (κ1) is 13.2. The molecule has 0 aliphatic heterocycles. The number of aryl methyl sites for hydroxylation is 1. The summed E-state index contributed by atoms with van der Waals surface area (Å²) >= 11 is 0. The standard InChI is InChI=1S/C16H21N3O/c1-3-17-15-8-7-14-13(15)5-4-6-16(14)20-11-12-9-10-19(2)18-12/h4-6,9-10,15,17H,3,7-8,11H2,1-2H3. The van der Waals surface area contributed by atoms with Crippen LogP contribution in [0.2, 0.25) is 0 Å². The Morgan fingerprint density at radius 1 is 1.40 bits per heavy atom. The van der Waals surface area contributed by atoms with Crippen LogP contribution >= 0.6 is 0 Å². The van der Waals surface area contributed by atoms with Gasteiger partial charge in [0, 0.05) is 19.3 Å². The van der Waals surface area contributed by atoms with E-state index in [9.17, 15) is 0 Å². The topological polar surface area (TPSA) is 39.1 Å². The fraction of sp³-hybridized carbons (Fsp3) is 0.438. The molecule has 1 atom stereocenters. The Balaban J connectivity index is 1.75. The van der Waals surface area contributed by atoms with Gasteiger partial charge in [-0.3, -0.25) is 4.68 Å². The van der Waals surface area contributed by atoms with Gasteiger partial charge >= 0.3 is 0 Å². The number of aromatic nitrogens is 2. The number of hydrogen-bond acceptors (Lipinski definition) is 3. The minimum atomic E-state index is 0.480. The molecular formula is C16H21N3O. The Kier molecular flexibility index (Phi) is 3.74. The van der Waals surface area contributed by atoms with Crippen molar-refractivity contribution in [1.82, 2.24) is 15.1 Å². The second-order valence-electron chi connectivity index (χ2n) is 5.24. The summed E-state index contributed by atoms with van der Waals surface area (Å²) in [6, 6.07) is 8.83. The molecule has 0 saturated heterocycles. The van der Waals surface area contributed by atoms with Gasteiger partial charge in [-0.1, -0.05) is 19.1 Å². The average Bonchev–Trinajstić information content (AvgIpc) is 3.04. The zero-order chi connectivity index (χ0) is 13.9. The number of ether oxygens (including phenoxy) is 1. The highest BCUT2D eigenvalue weighted by Gasteiger charge is 2.24. The monoisotopic (exact) mass is 271 g/mol. The Hall–Kier alpha value is -1.81. The van der Waals surface area contributed by atoms with E-state index in [1.54, 1.807) is 4.68 Å². The third-order valence-corrected chi connectivity index (χ3v) is 3.82. The summed E-state index contributed by atoms with van der Waals surface area (Å²) in [4.78, 5) is 0. The first-order valence-electron chi connectivity index (χ1n) is 7.24. The van der Waals surface area contributed by atoms with Gasteiger partial charge in [-0.15, -0.1) is 0 Å². The number of fused-ring (bicyclic) bond motifs is 1. The fourth-order valence-corrected chi connectivity index (χ4v) is 2.91. The van der Waals surface area contributed by atoms with E-state index in [2.05, 4.69) is 35.5 Å². The van der Waals surface area contributed by atoms with Crippen LogP contribution in [-0.4, -0.2) is 16.3 Å². The zero-order valence-electron chi connectivity index (χ0n) is 12.1. The maximum absolute atomic E-state index is 5.97. The number of nitrogens with one attached hydrogen (secondary N) is 1. The van der Waals surface area contributed by atoms with Gasteiger partial charge in [0.25, 0.3) is 0 Å². The summed E-state index contributed by atoms with van der Waals surface area (Å²) in [5.74, 6) is 1.01. The van der Waals surface area contributed by atoms with Crippen LogP contribution in [0.3, 0.4) is 0 Å². The lowest BCUT2D eigenvalue weighted by atomic mass is 10.1. The SMILES string of the molecule is CCNC1CCc2c(OCc3ccn(C)n3)cccc21. The van der Waals surface area contributed by atoms with Crippen LogP contribution in [0.1, 0.15) is 36.2 Å². The lowest BCUT2D eigenvalue weighted by Crippen LogP contribution is -2.18. The van der Waals surface area contributed by atoms with Crippen molar-refractivity contribution in [3.8, 4) is 5.75 Å². The summed E-state index contributed by atoms with van der Waals surface area (Å²) in [6.45, 7) is 3.69. The van der Waals surface area contributed by atoms with Crippen molar-refractivity contribution >= 4 is 0 Å². The van der Waals surface area contributed by atoms with E-state index in [1.807, 2.05) is 19.3 Å². The molecule has 0 bridgehead atoms. The summed E-state index contributed by atoms with van der Waals surface area (Å²) < 4.78 is 7.77. The third-order valence-electron chi connectivity index (χ3n) is 3.82. The lowest BCUT2D eigenvalue weighted by molar-refractivity contribution is 0.297. The fourth-order valence-electron chi connectivity index (χ4n) is 2.91. The van der Waals surface area contributed by atoms with E-state index in [-0.39, 0.29) is 0 Å². The van der Waals surface area contributed by atoms with Gasteiger partial charge in [0.05, 0.1) is 5.69 Å². The normalized spacial score (nSPS) is 17.2. The molecule has 2 aromatic rings. The number of nitrogens with zero attached hydrogens (tertiary/aromatic N) is 2. The molecule has 20 heavy (non-hydrogen) atoms. The van der Waals surface area contributed by atoms with Crippen LogP contribution in [0, 0.1) is 0 Å². The molecule has 0 amide bonds. The second-order valence-corrected chi connectivity index (χ2v) is 5.24. The first-order chi connectivity index (χ1) is 9.78. The Bertz CT molecular complexity index is 591. The van der Waals surface area contributed by atoms with Crippen LogP contribution in [0.15, 0.2) is 30.5 Å². The molecule has 4 nitrogen and oxygen atoms in total. The van der Waals surface area contributed by atoms with Crippen molar-refractivity contribution in [1.29, 1.82) is 0 Å². The van der Waals surface area contributed by atoms with Crippen LogP contribution in [0.25, 0.3) is 0 Å². The highest BCUT2D eigenvalue weighted by atomic mass is 16.5. The molecule has 4 heteroatoms. The molecule has 1 aliphatic carbocycles. The smallest absolute Gasteiger partial charge is 0.132 e. The van der Waals surface area contributed by atoms with Crippen molar-refractivity contribution in [2.24, 2.45) is 7.05 Å². The van der Waals surface area contributed by atoms with E-state index in [0.29, 0.717) is 12.6 Å². The predicted octanol–water partition coefficient (Wildman–Crippen LogP) is 2.60. The molecule has 1 heterocycles. The minimum Gasteiger partial charge on any atom is -0.487 e. The highest BCUT2D eigenvalue weighted by molar-refractivity contribution is 5.45. The maximum Gasteiger partial charge on any atom is 0.132 e. The van der Waals surface area contributed by atoms with Crippen molar-refractivity contribution in [3.63, 3.8) is 0 Å². The van der Waals surface area contributed by atoms with Crippen molar-refractivity contribution in [2.45, 2.75) is 32.4 Å². The van der Waals surface area contributed by atoms with Gasteiger partial charge in [0.1, 0.15) is 12.4 Å². The number of benzene rings is 1. The van der Waals surface area contributed by atoms with Crippen LogP contribution < -0.4 is 10.1 Å². The molecular weight excluding hydrogens is 250 g/mol. The summed E-state index contributed by atoms with van der Waals surface area (Å²) in [7, 11) is 1.92. The first-order valence-corrected chi connectivity index (χ1v) is 7.24. The molecule has 106 valence electrons. The van der Waals surface area contributed by atoms with E-state index in [0.717, 1.165) is 30.8 Å². The zero-order valence-corrected chi connectivity index (χ0v) is 12.1. The third kappa shape index (κ3) is 2.56. The van der Waals surface area contributed by atoms with Crippen molar-refractivity contribution in [3.05, 3.63) is 47.3 Å². The summed E-state index contributed by atoms with van der Waals surface area (Å²) in [5.41, 5.74) is 3.71. The highest BCUT2D eigenvalue weighted by Crippen LogP contribution is 2.37. The number of hydrogen-bond donors (Lipinski definition) is 1. The lowest BCUT2D eigenvalue weighted by Gasteiger charge is -2.13. The maximum atomic E-state index is 5.97. The van der Waals surface area contributed by atoms with Gasteiger partial charge < -0.3 is 10.1 Å². The molecule has 0 saturated carbocycles. The molecule has 1 aliphatic rings. The van der Waals surface area contributed by atoms with Gasteiger partial charge in [-0.25, -0.2) is 0 Å². The number of rotatable bonds is 5. The molecule has 0 spiro atoms. The summed E-state index contributed by atoms with van der Waals surface area (Å²) in [5, 5.41) is 7.88. The van der Waals surface area contributed by atoms with E-state index in [1.165, 1.54) is 11.1 Å². The Labute approximate surface area is 119 Å². The van der Waals surface area contributed by atoms with Crippen LogP contribution in [-0.2, 0) is 20.1 Å². The van der Waals surface area contributed by atoms with Gasteiger partial charge in [0.15, 0.2) is 0 Å². The average molecular weight is 271 g/mol.